The van der Waals surface area contributed by atoms with Crippen molar-refractivity contribution in [1.29, 1.82) is 0 Å². The largest absolute Gasteiger partial charge is 0.474 e. The molecule has 3 aromatic heterocycles. The van der Waals surface area contributed by atoms with Gasteiger partial charge >= 0.3 is 0 Å². The first-order valence-corrected chi connectivity index (χ1v) is 9.41. The minimum absolute atomic E-state index is 0.196. The molecule has 1 saturated heterocycles. The van der Waals surface area contributed by atoms with E-state index in [0.29, 0.717) is 5.88 Å². The van der Waals surface area contributed by atoms with Gasteiger partial charge in [-0.15, -0.1) is 0 Å². The highest BCUT2D eigenvalue weighted by Gasteiger charge is 2.25. The molecule has 0 saturated carbocycles. The van der Waals surface area contributed by atoms with E-state index < -0.39 is 0 Å². The maximum absolute atomic E-state index is 6.12. The lowest BCUT2D eigenvalue weighted by Gasteiger charge is -2.34. The van der Waals surface area contributed by atoms with Crippen LogP contribution in [0.1, 0.15) is 36.9 Å². The number of rotatable bonds is 3. The number of hydrogen-bond donors (Lipinski definition) is 0. The number of aryl methyl sites for hydroxylation is 1. The molecule has 4 heterocycles. The fraction of sp³-hybridized carbons (Fsp3) is 0.474. The summed E-state index contributed by atoms with van der Waals surface area (Å²) in [5.74, 6) is 1.82. The van der Waals surface area contributed by atoms with E-state index in [0.717, 1.165) is 50.2 Å². The van der Waals surface area contributed by atoms with Crippen molar-refractivity contribution in [3.05, 3.63) is 42.1 Å². The molecule has 0 amide bonds. The van der Waals surface area contributed by atoms with E-state index in [1.807, 2.05) is 18.3 Å². The first-order chi connectivity index (χ1) is 12.9. The molecule has 5 rings (SSSR count). The standard InChI is InChI=1S/C19H22N6O/c1-2-4-16-15(3-1)19(21-13-20-16)24-10-6-14(7-11-24)26-18-8-12-25-17(23-18)5-9-22-25/h5,8-9,12-14H,1-4,6-7,10-11H2. The SMILES string of the molecule is c1nc2c(c(N3CCC(Oc4ccn5nccc5n4)CC3)n1)CCCC2. The minimum Gasteiger partial charge on any atom is -0.474 e. The third-order valence-corrected chi connectivity index (χ3v) is 5.36. The van der Waals surface area contributed by atoms with Crippen LogP contribution in [0.5, 0.6) is 5.88 Å². The normalized spacial score (nSPS) is 18.1. The Morgan fingerprint density at radius 1 is 1.04 bits per heavy atom. The van der Waals surface area contributed by atoms with E-state index in [4.69, 9.17) is 4.74 Å². The van der Waals surface area contributed by atoms with Gasteiger partial charge < -0.3 is 9.64 Å². The van der Waals surface area contributed by atoms with Gasteiger partial charge in [0.2, 0.25) is 5.88 Å². The Morgan fingerprint density at radius 3 is 2.85 bits per heavy atom. The molecular weight excluding hydrogens is 328 g/mol. The van der Waals surface area contributed by atoms with Gasteiger partial charge in [-0.1, -0.05) is 0 Å². The third kappa shape index (κ3) is 2.87. The van der Waals surface area contributed by atoms with Gasteiger partial charge in [0.05, 0.1) is 6.20 Å². The zero-order chi connectivity index (χ0) is 17.3. The van der Waals surface area contributed by atoms with Crippen LogP contribution < -0.4 is 9.64 Å². The average molecular weight is 350 g/mol. The molecule has 3 aromatic rings. The quantitative estimate of drug-likeness (QED) is 0.723. The molecule has 0 N–H and O–H groups in total. The van der Waals surface area contributed by atoms with Crippen molar-refractivity contribution < 1.29 is 4.74 Å². The molecule has 0 bridgehead atoms. The van der Waals surface area contributed by atoms with E-state index >= 15 is 0 Å². The second-order valence-electron chi connectivity index (χ2n) is 7.03. The summed E-state index contributed by atoms with van der Waals surface area (Å²) >= 11 is 0. The predicted molar refractivity (Wildman–Crippen MR) is 97.5 cm³/mol. The Labute approximate surface area is 152 Å². The molecule has 1 aliphatic carbocycles. The maximum Gasteiger partial charge on any atom is 0.217 e. The molecular formula is C19H22N6O. The first kappa shape index (κ1) is 15.5. The van der Waals surface area contributed by atoms with E-state index in [1.54, 1.807) is 17.0 Å². The Morgan fingerprint density at radius 2 is 1.92 bits per heavy atom. The molecule has 134 valence electrons. The van der Waals surface area contributed by atoms with Crippen LogP contribution in [0.3, 0.4) is 0 Å². The van der Waals surface area contributed by atoms with Crippen LogP contribution in [0.2, 0.25) is 0 Å². The zero-order valence-corrected chi connectivity index (χ0v) is 14.7. The van der Waals surface area contributed by atoms with E-state index in [1.165, 1.54) is 24.1 Å². The van der Waals surface area contributed by atoms with E-state index in [-0.39, 0.29) is 6.10 Å². The monoisotopic (exact) mass is 350 g/mol. The van der Waals surface area contributed by atoms with Crippen molar-refractivity contribution >= 4 is 11.5 Å². The highest BCUT2D eigenvalue weighted by atomic mass is 16.5. The summed E-state index contributed by atoms with van der Waals surface area (Å²) in [5.41, 5.74) is 3.43. The van der Waals surface area contributed by atoms with Crippen LogP contribution in [-0.2, 0) is 12.8 Å². The number of nitrogens with zero attached hydrogens (tertiary/aromatic N) is 6. The highest BCUT2D eigenvalue weighted by molar-refractivity contribution is 5.50. The summed E-state index contributed by atoms with van der Waals surface area (Å²) in [6, 6.07) is 3.76. The van der Waals surface area contributed by atoms with Crippen LogP contribution in [0, 0.1) is 0 Å². The lowest BCUT2D eigenvalue weighted by Crippen LogP contribution is -2.39. The van der Waals surface area contributed by atoms with Crippen molar-refractivity contribution in [3.63, 3.8) is 0 Å². The fourth-order valence-electron chi connectivity index (χ4n) is 3.99. The van der Waals surface area contributed by atoms with Crippen molar-refractivity contribution in [3.8, 4) is 5.88 Å². The lowest BCUT2D eigenvalue weighted by molar-refractivity contribution is 0.164. The Kier molecular flexibility index (Phi) is 3.92. The van der Waals surface area contributed by atoms with E-state index in [2.05, 4.69) is 25.0 Å². The zero-order valence-electron chi connectivity index (χ0n) is 14.7. The second kappa shape index (κ2) is 6.55. The molecule has 7 nitrogen and oxygen atoms in total. The van der Waals surface area contributed by atoms with Gasteiger partial charge in [-0.2, -0.15) is 10.1 Å². The Bertz CT molecular complexity index is 915. The van der Waals surface area contributed by atoms with Gasteiger partial charge in [0.25, 0.3) is 0 Å². The van der Waals surface area contributed by atoms with Crippen LogP contribution in [0.4, 0.5) is 5.82 Å². The second-order valence-corrected chi connectivity index (χ2v) is 7.03. The number of ether oxygens (including phenoxy) is 1. The van der Waals surface area contributed by atoms with Gasteiger partial charge in [-0.05, 0) is 25.7 Å². The molecule has 7 heteroatoms. The molecule has 1 fully saturated rings. The van der Waals surface area contributed by atoms with Crippen molar-refractivity contribution in [2.45, 2.75) is 44.6 Å². The number of piperidine rings is 1. The van der Waals surface area contributed by atoms with E-state index in [9.17, 15) is 0 Å². The minimum atomic E-state index is 0.196. The summed E-state index contributed by atoms with van der Waals surface area (Å²) in [5, 5.41) is 4.17. The highest BCUT2D eigenvalue weighted by Crippen LogP contribution is 2.29. The van der Waals surface area contributed by atoms with Crippen molar-refractivity contribution in [1.82, 2.24) is 24.6 Å². The summed E-state index contributed by atoms with van der Waals surface area (Å²) in [6.07, 6.45) is 12.2. The number of aromatic nitrogens is 5. The molecule has 2 aliphatic rings. The molecule has 0 unspecified atom stereocenters. The number of anilines is 1. The predicted octanol–water partition coefficient (Wildman–Crippen LogP) is 2.45. The fourth-order valence-corrected chi connectivity index (χ4v) is 3.99. The van der Waals surface area contributed by atoms with Crippen LogP contribution in [-0.4, -0.2) is 43.8 Å². The summed E-state index contributed by atoms with van der Waals surface area (Å²) < 4.78 is 7.86. The molecule has 0 radical (unpaired) electrons. The Balaban J connectivity index is 1.26. The topological polar surface area (TPSA) is 68.4 Å². The molecule has 0 atom stereocenters. The average Bonchev–Trinajstić information content (AvgIpc) is 3.16. The molecule has 26 heavy (non-hydrogen) atoms. The third-order valence-electron chi connectivity index (χ3n) is 5.36. The molecule has 0 aromatic carbocycles. The van der Waals surface area contributed by atoms with Gasteiger partial charge in [0, 0.05) is 55.5 Å². The summed E-state index contributed by atoms with van der Waals surface area (Å²) in [6.45, 7) is 1.92. The number of hydrogen-bond acceptors (Lipinski definition) is 6. The first-order valence-electron chi connectivity index (χ1n) is 9.41. The molecule has 1 aliphatic heterocycles. The van der Waals surface area contributed by atoms with Crippen LogP contribution in [0.15, 0.2) is 30.9 Å². The van der Waals surface area contributed by atoms with Crippen molar-refractivity contribution in [2.75, 3.05) is 18.0 Å². The van der Waals surface area contributed by atoms with Crippen LogP contribution in [0.25, 0.3) is 5.65 Å². The van der Waals surface area contributed by atoms with Gasteiger partial charge in [-0.3, -0.25) is 0 Å². The maximum atomic E-state index is 6.12. The smallest absolute Gasteiger partial charge is 0.217 e. The Hall–Kier alpha value is -2.70. The molecule has 0 spiro atoms. The van der Waals surface area contributed by atoms with Crippen LogP contribution >= 0.6 is 0 Å². The van der Waals surface area contributed by atoms with Gasteiger partial charge in [-0.25, -0.2) is 14.5 Å². The lowest BCUT2D eigenvalue weighted by atomic mass is 9.95. The summed E-state index contributed by atoms with van der Waals surface area (Å²) in [7, 11) is 0. The van der Waals surface area contributed by atoms with Gasteiger partial charge in [0.1, 0.15) is 18.2 Å². The summed E-state index contributed by atoms with van der Waals surface area (Å²) in [4.78, 5) is 16.0. The van der Waals surface area contributed by atoms with Crippen molar-refractivity contribution in [2.24, 2.45) is 0 Å². The van der Waals surface area contributed by atoms with Gasteiger partial charge in [0.15, 0.2) is 5.65 Å². The number of fused-ring (bicyclic) bond motifs is 2.